The molecular weight excluding hydrogens is 248 g/mol. The predicted molar refractivity (Wildman–Crippen MR) is 83.8 cm³/mol. The minimum Gasteiger partial charge on any atom is -0.309 e. The molecule has 1 saturated heterocycles. The van der Waals surface area contributed by atoms with E-state index >= 15 is 0 Å². The quantitative estimate of drug-likeness (QED) is 0.897. The molecule has 1 N–H and O–H groups in total. The van der Waals surface area contributed by atoms with Gasteiger partial charge in [-0.25, -0.2) is 0 Å². The first-order valence-electron chi connectivity index (χ1n) is 7.96. The second-order valence-corrected chi connectivity index (χ2v) is 6.72. The summed E-state index contributed by atoms with van der Waals surface area (Å²) in [6.45, 7) is 12.2. The third-order valence-corrected chi connectivity index (χ3v) is 4.31. The van der Waals surface area contributed by atoms with Gasteiger partial charge in [0, 0.05) is 38.3 Å². The molecule has 1 aromatic rings. The molecule has 0 spiro atoms. The molecule has 4 heteroatoms. The maximum absolute atomic E-state index is 4.58. The summed E-state index contributed by atoms with van der Waals surface area (Å²) in [6.07, 6.45) is 3.52. The fraction of sp³-hybridized carbons (Fsp3) is 0.812. The van der Waals surface area contributed by atoms with Crippen molar-refractivity contribution >= 4 is 0 Å². The van der Waals surface area contributed by atoms with Crippen LogP contribution in [-0.4, -0.2) is 39.4 Å². The number of aromatic nitrogens is 2. The molecule has 1 fully saturated rings. The van der Waals surface area contributed by atoms with Gasteiger partial charge in [0.1, 0.15) is 0 Å². The zero-order valence-electron chi connectivity index (χ0n) is 13.7. The highest BCUT2D eigenvalue weighted by Gasteiger charge is 2.32. The number of aryl methyl sites for hydroxylation is 2. The minimum atomic E-state index is 0.205. The van der Waals surface area contributed by atoms with Gasteiger partial charge in [0.25, 0.3) is 0 Å². The number of hydrogen-bond donors (Lipinski definition) is 1. The number of hydrogen-bond acceptors (Lipinski definition) is 3. The summed E-state index contributed by atoms with van der Waals surface area (Å²) in [4.78, 5) is 2.64. The minimum absolute atomic E-state index is 0.205. The van der Waals surface area contributed by atoms with Gasteiger partial charge in [0.05, 0.1) is 11.4 Å². The Balaban J connectivity index is 2.11. The van der Waals surface area contributed by atoms with E-state index < -0.39 is 0 Å². The third-order valence-electron chi connectivity index (χ3n) is 4.31. The van der Waals surface area contributed by atoms with Crippen molar-refractivity contribution in [2.24, 2.45) is 7.05 Å². The number of nitrogens with zero attached hydrogens (tertiary/aromatic N) is 3. The highest BCUT2D eigenvalue weighted by atomic mass is 15.3. The van der Waals surface area contributed by atoms with Gasteiger partial charge >= 0.3 is 0 Å². The van der Waals surface area contributed by atoms with Crippen molar-refractivity contribution in [3.05, 3.63) is 17.5 Å². The highest BCUT2D eigenvalue weighted by molar-refractivity contribution is 5.11. The summed E-state index contributed by atoms with van der Waals surface area (Å²) in [5.41, 5.74) is 2.74. The number of piperazine rings is 1. The van der Waals surface area contributed by atoms with E-state index in [-0.39, 0.29) is 5.54 Å². The van der Waals surface area contributed by atoms with Gasteiger partial charge in [0.15, 0.2) is 0 Å². The SMILES string of the molecule is CCCC1CNC(C)(C)CN1Cc1cc(CC)nn1C. The molecule has 114 valence electrons. The van der Waals surface area contributed by atoms with E-state index in [1.54, 1.807) is 0 Å². The topological polar surface area (TPSA) is 33.1 Å². The fourth-order valence-corrected chi connectivity index (χ4v) is 3.12. The smallest absolute Gasteiger partial charge is 0.0625 e. The van der Waals surface area contributed by atoms with Crippen LogP contribution < -0.4 is 5.32 Å². The van der Waals surface area contributed by atoms with Crippen LogP contribution in [0.2, 0.25) is 0 Å². The van der Waals surface area contributed by atoms with Gasteiger partial charge in [-0.2, -0.15) is 5.10 Å². The lowest BCUT2D eigenvalue weighted by Crippen LogP contribution is -2.61. The summed E-state index contributed by atoms with van der Waals surface area (Å²) in [5.74, 6) is 0. The van der Waals surface area contributed by atoms with Gasteiger partial charge in [-0.1, -0.05) is 20.3 Å². The molecule has 1 aliphatic heterocycles. The van der Waals surface area contributed by atoms with Gasteiger partial charge in [-0.15, -0.1) is 0 Å². The van der Waals surface area contributed by atoms with Crippen LogP contribution in [0.5, 0.6) is 0 Å². The Bertz CT molecular complexity index is 436. The fourth-order valence-electron chi connectivity index (χ4n) is 3.12. The van der Waals surface area contributed by atoms with E-state index in [1.165, 1.54) is 24.2 Å². The standard InChI is InChI=1S/C16H30N4/c1-6-8-14-10-17-16(3,4)12-20(14)11-15-9-13(7-2)18-19(15)5/h9,14,17H,6-8,10-12H2,1-5H3. The third kappa shape index (κ3) is 3.61. The molecule has 2 rings (SSSR count). The monoisotopic (exact) mass is 278 g/mol. The first-order chi connectivity index (χ1) is 9.45. The van der Waals surface area contributed by atoms with Crippen molar-refractivity contribution in [2.45, 2.75) is 65.1 Å². The van der Waals surface area contributed by atoms with Crippen LogP contribution in [0.25, 0.3) is 0 Å². The first-order valence-corrected chi connectivity index (χ1v) is 7.96. The van der Waals surface area contributed by atoms with E-state index in [9.17, 15) is 0 Å². The van der Waals surface area contributed by atoms with Crippen LogP contribution in [0.4, 0.5) is 0 Å². The Hall–Kier alpha value is -0.870. The lowest BCUT2D eigenvalue weighted by Gasteiger charge is -2.44. The van der Waals surface area contributed by atoms with Gasteiger partial charge in [0.2, 0.25) is 0 Å². The zero-order chi connectivity index (χ0) is 14.8. The number of nitrogens with one attached hydrogen (secondary N) is 1. The molecule has 1 aliphatic rings. The molecule has 1 unspecified atom stereocenters. The molecular formula is C16H30N4. The molecule has 1 atom stereocenters. The van der Waals surface area contributed by atoms with Crippen molar-refractivity contribution < 1.29 is 0 Å². The van der Waals surface area contributed by atoms with Crippen LogP contribution in [0.3, 0.4) is 0 Å². The summed E-state index contributed by atoms with van der Waals surface area (Å²) >= 11 is 0. The van der Waals surface area contributed by atoms with Crippen molar-refractivity contribution in [1.29, 1.82) is 0 Å². The molecule has 0 saturated carbocycles. The van der Waals surface area contributed by atoms with Crippen LogP contribution in [-0.2, 0) is 20.0 Å². The Morgan fingerprint density at radius 1 is 1.40 bits per heavy atom. The molecule has 1 aromatic heterocycles. The van der Waals surface area contributed by atoms with Gasteiger partial charge in [-0.3, -0.25) is 9.58 Å². The van der Waals surface area contributed by atoms with E-state index in [4.69, 9.17) is 0 Å². The van der Waals surface area contributed by atoms with Gasteiger partial charge < -0.3 is 5.32 Å². The van der Waals surface area contributed by atoms with Crippen molar-refractivity contribution in [3.8, 4) is 0 Å². The first kappa shape index (κ1) is 15.5. The highest BCUT2D eigenvalue weighted by Crippen LogP contribution is 2.21. The van der Waals surface area contributed by atoms with Crippen molar-refractivity contribution in [3.63, 3.8) is 0 Å². The Labute approximate surface area is 123 Å². The summed E-state index contributed by atoms with van der Waals surface area (Å²) in [6, 6.07) is 2.91. The van der Waals surface area contributed by atoms with Crippen LogP contribution >= 0.6 is 0 Å². The lowest BCUT2D eigenvalue weighted by molar-refractivity contribution is 0.0804. The molecule has 0 amide bonds. The molecule has 0 aromatic carbocycles. The normalized spacial score (nSPS) is 23.1. The molecule has 2 heterocycles. The predicted octanol–water partition coefficient (Wildman–Crippen LogP) is 2.33. The molecule has 0 radical (unpaired) electrons. The van der Waals surface area contributed by atoms with Gasteiger partial charge in [-0.05, 0) is 32.8 Å². The number of rotatable bonds is 5. The van der Waals surface area contributed by atoms with Crippen molar-refractivity contribution in [1.82, 2.24) is 20.0 Å². The average molecular weight is 278 g/mol. The largest absolute Gasteiger partial charge is 0.309 e. The van der Waals surface area contributed by atoms with E-state index in [0.717, 1.165) is 26.1 Å². The second kappa shape index (κ2) is 6.27. The van der Waals surface area contributed by atoms with Crippen molar-refractivity contribution in [2.75, 3.05) is 13.1 Å². The summed E-state index contributed by atoms with van der Waals surface area (Å²) in [7, 11) is 2.07. The maximum Gasteiger partial charge on any atom is 0.0625 e. The van der Waals surface area contributed by atoms with Crippen LogP contribution in [0.1, 0.15) is 51.9 Å². The lowest BCUT2D eigenvalue weighted by atomic mass is 9.96. The second-order valence-electron chi connectivity index (χ2n) is 6.72. The van der Waals surface area contributed by atoms with E-state index in [0.29, 0.717) is 6.04 Å². The maximum atomic E-state index is 4.58. The molecule has 20 heavy (non-hydrogen) atoms. The Kier molecular flexibility index (Phi) is 4.86. The van der Waals surface area contributed by atoms with E-state index in [1.807, 2.05) is 0 Å². The van der Waals surface area contributed by atoms with Crippen LogP contribution in [0.15, 0.2) is 6.07 Å². The summed E-state index contributed by atoms with van der Waals surface area (Å²) < 4.78 is 2.05. The summed E-state index contributed by atoms with van der Waals surface area (Å²) in [5, 5.41) is 8.25. The average Bonchev–Trinajstić information content (AvgIpc) is 2.73. The zero-order valence-corrected chi connectivity index (χ0v) is 13.7. The van der Waals surface area contributed by atoms with Crippen LogP contribution in [0, 0.1) is 0 Å². The Morgan fingerprint density at radius 2 is 2.15 bits per heavy atom. The molecule has 0 bridgehead atoms. The molecule has 0 aliphatic carbocycles. The van der Waals surface area contributed by atoms with E-state index in [2.05, 4.69) is 60.8 Å². The molecule has 4 nitrogen and oxygen atoms in total. The Morgan fingerprint density at radius 3 is 2.75 bits per heavy atom.